The molecule has 0 radical (unpaired) electrons. The molecule has 1 aromatic rings. The van der Waals surface area contributed by atoms with E-state index in [1.165, 1.54) is 13.8 Å². The quantitative estimate of drug-likeness (QED) is 0.498. The van der Waals surface area contributed by atoms with Gasteiger partial charge in [0.05, 0.1) is 0 Å². The second kappa shape index (κ2) is 4.70. The second-order valence-corrected chi connectivity index (χ2v) is 4.87. The van der Waals surface area contributed by atoms with Crippen LogP contribution in [0.4, 0.5) is 0 Å². The molecule has 0 unspecified atom stereocenters. The van der Waals surface area contributed by atoms with Crippen LogP contribution in [-0.2, 0) is 4.79 Å². The average Bonchev–Trinajstić information content (AvgIpc) is 2.28. The number of carbonyl (C=O) groups excluding carboxylic acids is 1. The zero-order chi connectivity index (χ0) is 12.3. The number of ketones is 1. The molecule has 0 saturated carbocycles. The number of rotatable bonds is 4. The lowest BCUT2D eigenvalue weighted by Gasteiger charge is -2.17. The van der Waals surface area contributed by atoms with Crippen LogP contribution in [-0.4, -0.2) is 23.1 Å². The lowest BCUT2D eigenvalue weighted by molar-refractivity contribution is -0.144. The zero-order valence-electron chi connectivity index (χ0n) is 9.48. The second-order valence-electron chi connectivity index (χ2n) is 3.99. The van der Waals surface area contributed by atoms with Crippen LogP contribution < -0.4 is 0 Å². The Hall–Kier alpha value is -1.29. The number of thioether (sulfide) groups is 1. The fourth-order valence-electron chi connectivity index (χ4n) is 1.20. The summed E-state index contributed by atoms with van der Waals surface area (Å²) in [5.41, 5.74) is -0.939. The van der Waals surface area contributed by atoms with Crippen LogP contribution in [0.15, 0.2) is 29.2 Å². The molecule has 1 N–H and O–H groups in total. The Balaban J connectivity index is 3.01. The Bertz CT molecular complexity index is 407. The van der Waals surface area contributed by atoms with Crippen LogP contribution in [0.5, 0.6) is 0 Å². The third-order valence-corrected chi connectivity index (χ3v) is 3.20. The van der Waals surface area contributed by atoms with Gasteiger partial charge in [0.25, 0.3) is 0 Å². The molecule has 1 rings (SSSR count). The van der Waals surface area contributed by atoms with Crippen molar-refractivity contribution in [2.75, 3.05) is 6.26 Å². The number of carboxylic acid groups (broad SMARTS) is 1. The van der Waals surface area contributed by atoms with E-state index < -0.39 is 11.4 Å². The minimum absolute atomic E-state index is 0.368. The maximum atomic E-state index is 11.9. The van der Waals surface area contributed by atoms with E-state index in [9.17, 15) is 9.59 Å². The summed E-state index contributed by atoms with van der Waals surface area (Å²) in [7, 11) is 0. The van der Waals surface area contributed by atoms with Crippen molar-refractivity contribution in [1.29, 1.82) is 0 Å². The zero-order valence-corrected chi connectivity index (χ0v) is 10.3. The topological polar surface area (TPSA) is 54.4 Å². The fraction of sp³-hybridized carbons (Fsp3) is 0.333. The molecule has 0 saturated heterocycles. The first-order chi connectivity index (χ1) is 7.39. The standard InChI is InChI=1S/C12H14O3S/c1-12(2,11(14)15)10(13)8-4-6-9(16-3)7-5-8/h4-7H,1-3H3,(H,14,15). The summed E-state index contributed by atoms with van der Waals surface area (Å²) in [4.78, 5) is 23.9. The first kappa shape index (κ1) is 12.8. The highest BCUT2D eigenvalue weighted by molar-refractivity contribution is 7.98. The molecule has 0 spiro atoms. The minimum atomic E-state index is -1.37. The van der Waals surface area contributed by atoms with Gasteiger partial charge >= 0.3 is 5.97 Å². The van der Waals surface area contributed by atoms with Crippen molar-refractivity contribution in [1.82, 2.24) is 0 Å². The Morgan fingerprint density at radius 3 is 2.06 bits per heavy atom. The van der Waals surface area contributed by atoms with Gasteiger partial charge in [-0.3, -0.25) is 9.59 Å². The van der Waals surface area contributed by atoms with Gasteiger partial charge in [-0.15, -0.1) is 11.8 Å². The first-order valence-electron chi connectivity index (χ1n) is 4.82. The van der Waals surface area contributed by atoms with E-state index in [1.54, 1.807) is 23.9 Å². The average molecular weight is 238 g/mol. The van der Waals surface area contributed by atoms with Gasteiger partial charge in [-0.2, -0.15) is 0 Å². The number of hydrogen-bond donors (Lipinski definition) is 1. The fourth-order valence-corrected chi connectivity index (χ4v) is 1.61. The molecular formula is C12H14O3S. The van der Waals surface area contributed by atoms with Crippen LogP contribution in [0, 0.1) is 5.41 Å². The van der Waals surface area contributed by atoms with E-state index in [0.717, 1.165) is 4.90 Å². The summed E-state index contributed by atoms with van der Waals surface area (Å²) in [5.74, 6) is -1.47. The molecule has 0 aromatic heterocycles. The number of carbonyl (C=O) groups is 2. The van der Waals surface area contributed by atoms with E-state index >= 15 is 0 Å². The summed E-state index contributed by atoms with van der Waals surface area (Å²) in [6, 6.07) is 6.96. The molecular weight excluding hydrogens is 224 g/mol. The summed E-state index contributed by atoms with van der Waals surface area (Å²) >= 11 is 1.58. The van der Waals surface area contributed by atoms with Crippen molar-refractivity contribution in [2.45, 2.75) is 18.7 Å². The molecule has 0 atom stereocenters. The highest BCUT2D eigenvalue weighted by Gasteiger charge is 2.36. The van der Waals surface area contributed by atoms with Gasteiger partial charge in [0.1, 0.15) is 5.41 Å². The number of hydrogen-bond acceptors (Lipinski definition) is 3. The number of Topliss-reactive ketones (excluding diaryl/α,β-unsaturated/α-hetero) is 1. The van der Waals surface area contributed by atoms with Crippen molar-refractivity contribution in [3.63, 3.8) is 0 Å². The molecule has 0 aliphatic heterocycles. The van der Waals surface area contributed by atoms with E-state index in [-0.39, 0.29) is 5.78 Å². The Labute approximate surface area is 98.9 Å². The van der Waals surface area contributed by atoms with Crippen LogP contribution in [0.25, 0.3) is 0 Å². The Morgan fingerprint density at radius 1 is 1.19 bits per heavy atom. The van der Waals surface area contributed by atoms with Crippen molar-refractivity contribution >= 4 is 23.5 Å². The van der Waals surface area contributed by atoms with Crippen LogP contribution in [0.3, 0.4) is 0 Å². The highest BCUT2D eigenvalue weighted by atomic mass is 32.2. The predicted octanol–water partition coefficient (Wildman–Crippen LogP) is 2.70. The van der Waals surface area contributed by atoms with E-state index in [0.29, 0.717) is 5.56 Å². The van der Waals surface area contributed by atoms with Gasteiger partial charge in [-0.25, -0.2) is 0 Å². The van der Waals surface area contributed by atoms with Crippen LogP contribution >= 0.6 is 11.8 Å². The van der Waals surface area contributed by atoms with Crippen molar-refractivity contribution in [3.8, 4) is 0 Å². The van der Waals surface area contributed by atoms with Gasteiger partial charge in [-0.1, -0.05) is 12.1 Å². The van der Waals surface area contributed by atoms with Gasteiger partial charge in [0.2, 0.25) is 0 Å². The van der Waals surface area contributed by atoms with Crippen LogP contribution in [0.1, 0.15) is 24.2 Å². The summed E-state index contributed by atoms with van der Waals surface area (Å²) < 4.78 is 0. The molecule has 1 aromatic carbocycles. The van der Waals surface area contributed by atoms with E-state index in [1.807, 2.05) is 18.4 Å². The molecule has 16 heavy (non-hydrogen) atoms. The largest absolute Gasteiger partial charge is 0.481 e. The van der Waals surface area contributed by atoms with Crippen molar-refractivity contribution in [3.05, 3.63) is 29.8 Å². The number of carboxylic acids is 1. The number of benzene rings is 1. The highest BCUT2D eigenvalue weighted by Crippen LogP contribution is 2.23. The Morgan fingerprint density at radius 2 is 1.69 bits per heavy atom. The van der Waals surface area contributed by atoms with Crippen molar-refractivity contribution < 1.29 is 14.7 Å². The van der Waals surface area contributed by atoms with Crippen LogP contribution in [0.2, 0.25) is 0 Å². The molecule has 3 nitrogen and oxygen atoms in total. The van der Waals surface area contributed by atoms with E-state index in [2.05, 4.69) is 0 Å². The lowest BCUT2D eigenvalue weighted by Crippen LogP contribution is -2.33. The van der Waals surface area contributed by atoms with Gasteiger partial charge in [-0.05, 0) is 32.2 Å². The Kier molecular flexibility index (Phi) is 3.75. The van der Waals surface area contributed by atoms with E-state index in [4.69, 9.17) is 5.11 Å². The maximum Gasteiger partial charge on any atom is 0.316 e. The van der Waals surface area contributed by atoms with Gasteiger partial charge < -0.3 is 5.11 Å². The molecule has 86 valence electrons. The third kappa shape index (κ3) is 2.44. The summed E-state index contributed by atoms with van der Waals surface area (Å²) in [6.45, 7) is 2.83. The molecule has 0 aliphatic carbocycles. The lowest BCUT2D eigenvalue weighted by atomic mass is 9.84. The minimum Gasteiger partial charge on any atom is -0.481 e. The predicted molar refractivity (Wildman–Crippen MR) is 64.0 cm³/mol. The summed E-state index contributed by atoms with van der Waals surface area (Å²) in [5, 5.41) is 8.95. The smallest absolute Gasteiger partial charge is 0.316 e. The first-order valence-corrected chi connectivity index (χ1v) is 6.04. The SMILES string of the molecule is CSc1ccc(C(=O)C(C)(C)C(=O)O)cc1. The normalized spacial score (nSPS) is 11.2. The summed E-state index contributed by atoms with van der Waals surface area (Å²) in [6.07, 6.45) is 1.94. The molecule has 0 heterocycles. The maximum absolute atomic E-state index is 11.9. The molecule has 0 aliphatic rings. The van der Waals surface area contributed by atoms with Gasteiger partial charge in [0.15, 0.2) is 5.78 Å². The molecule has 4 heteroatoms. The molecule has 0 fully saturated rings. The monoisotopic (exact) mass is 238 g/mol. The molecule has 0 bridgehead atoms. The number of aliphatic carboxylic acids is 1. The molecule has 0 amide bonds. The third-order valence-electron chi connectivity index (χ3n) is 2.45. The van der Waals surface area contributed by atoms with Crippen molar-refractivity contribution in [2.24, 2.45) is 5.41 Å². The van der Waals surface area contributed by atoms with Gasteiger partial charge in [0, 0.05) is 10.5 Å².